The van der Waals surface area contributed by atoms with E-state index in [1.807, 2.05) is 13.8 Å². The molecule has 0 fully saturated rings. The summed E-state index contributed by atoms with van der Waals surface area (Å²) in [7, 11) is -3.81. The molecular formula is C13H22N4O3S. The monoisotopic (exact) mass is 314 g/mol. The highest BCUT2D eigenvalue weighted by molar-refractivity contribution is 7.89. The number of rotatable bonds is 7. The van der Waals surface area contributed by atoms with Crippen molar-refractivity contribution < 1.29 is 13.2 Å². The molecule has 0 radical (unpaired) electrons. The second-order valence-electron chi connectivity index (χ2n) is 4.58. The maximum atomic E-state index is 11.8. The maximum absolute atomic E-state index is 11.8. The molecule has 0 unspecified atom stereocenters. The number of carbonyl (C=O) groups is 1. The highest BCUT2D eigenvalue weighted by Crippen LogP contribution is 2.19. The predicted octanol–water partition coefficient (Wildman–Crippen LogP) is 0.587. The van der Waals surface area contributed by atoms with Gasteiger partial charge in [-0.25, -0.2) is 13.6 Å². The van der Waals surface area contributed by atoms with E-state index in [0.29, 0.717) is 37.4 Å². The van der Waals surface area contributed by atoms with Crippen LogP contribution in [0.2, 0.25) is 0 Å². The number of nitrogen functional groups attached to an aromatic ring is 1. The van der Waals surface area contributed by atoms with Crippen molar-refractivity contribution in [3.05, 3.63) is 18.2 Å². The predicted molar refractivity (Wildman–Crippen MR) is 83.3 cm³/mol. The van der Waals surface area contributed by atoms with Crippen molar-refractivity contribution in [2.75, 3.05) is 30.7 Å². The maximum Gasteiger partial charge on any atom is 0.238 e. The van der Waals surface area contributed by atoms with Gasteiger partial charge in [0.1, 0.15) is 0 Å². The van der Waals surface area contributed by atoms with E-state index in [2.05, 4.69) is 5.32 Å². The summed E-state index contributed by atoms with van der Waals surface area (Å²) >= 11 is 0. The molecule has 0 spiro atoms. The van der Waals surface area contributed by atoms with E-state index in [4.69, 9.17) is 10.9 Å². The number of carbonyl (C=O) groups excluding carboxylic acids is 1. The van der Waals surface area contributed by atoms with Gasteiger partial charge in [0.25, 0.3) is 0 Å². The molecule has 1 aromatic carbocycles. The quantitative estimate of drug-likeness (QED) is 0.636. The number of sulfonamides is 1. The molecule has 5 N–H and O–H groups in total. The fourth-order valence-electron chi connectivity index (χ4n) is 1.94. The fourth-order valence-corrected chi connectivity index (χ4v) is 2.53. The van der Waals surface area contributed by atoms with Crippen molar-refractivity contribution in [1.82, 2.24) is 4.90 Å². The molecule has 0 aliphatic rings. The van der Waals surface area contributed by atoms with Gasteiger partial charge in [-0.05, 0) is 32.0 Å². The molecule has 8 heteroatoms. The molecule has 0 heterocycles. The molecule has 21 heavy (non-hydrogen) atoms. The highest BCUT2D eigenvalue weighted by Gasteiger charge is 2.11. The lowest BCUT2D eigenvalue weighted by Gasteiger charge is -2.18. The van der Waals surface area contributed by atoms with Gasteiger partial charge in [0.15, 0.2) is 0 Å². The number of benzene rings is 1. The summed E-state index contributed by atoms with van der Waals surface area (Å²) in [4.78, 5) is 13.5. The number of hydrogen-bond acceptors (Lipinski definition) is 5. The third kappa shape index (κ3) is 5.24. The van der Waals surface area contributed by atoms with E-state index in [-0.39, 0.29) is 10.8 Å². The third-order valence-corrected chi connectivity index (χ3v) is 3.93. The molecule has 1 aromatic rings. The topological polar surface area (TPSA) is 119 Å². The van der Waals surface area contributed by atoms with Gasteiger partial charge in [-0.2, -0.15) is 0 Å². The standard InChI is InChI=1S/C13H22N4O3S/c1-3-17(4-2)13(18)5-6-16-11-7-10(14)8-12(9-11)21(15,19)20/h7-9,16H,3-6,14H2,1-2H3,(H2,15,19,20). The third-order valence-electron chi connectivity index (χ3n) is 3.04. The average Bonchev–Trinajstić information content (AvgIpc) is 2.38. The van der Waals surface area contributed by atoms with Crippen LogP contribution in [0.15, 0.2) is 23.1 Å². The Labute approximate surface area is 125 Å². The number of nitrogens with zero attached hydrogens (tertiary/aromatic N) is 1. The molecular weight excluding hydrogens is 292 g/mol. The zero-order valence-corrected chi connectivity index (χ0v) is 13.1. The van der Waals surface area contributed by atoms with Crippen LogP contribution >= 0.6 is 0 Å². The van der Waals surface area contributed by atoms with Crippen LogP contribution in [0.4, 0.5) is 11.4 Å². The van der Waals surface area contributed by atoms with Gasteiger partial charge >= 0.3 is 0 Å². The number of nitrogens with two attached hydrogens (primary N) is 2. The molecule has 0 aromatic heterocycles. The molecule has 7 nitrogen and oxygen atoms in total. The largest absolute Gasteiger partial charge is 0.399 e. The van der Waals surface area contributed by atoms with E-state index in [0.717, 1.165) is 0 Å². The molecule has 0 aliphatic carbocycles. The lowest BCUT2D eigenvalue weighted by molar-refractivity contribution is -0.130. The molecule has 0 aliphatic heterocycles. The van der Waals surface area contributed by atoms with Gasteiger partial charge in [0.05, 0.1) is 4.90 Å². The van der Waals surface area contributed by atoms with Crippen molar-refractivity contribution >= 4 is 27.3 Å². The Balaban J connectivity index is 2.68. The first-order valence-electron chi connectivity index (χ1n) is 6.73. The van der Waals surface area contributed by atoms with E-state index in [1.165, 1.54) is 12.1 Å². The Morgan fingerprint density at radius 2 is 1.86 bits per heavy atom. The molecule has 0 saturated heterocycles. The summed E-state index contributed by atoms with van der Waals surface area (Å²) < 4.78 is 22.6. The van der Waals surface area contributed by atoms with Crippen LogP contribution in [0.3, 0.4) is 0 Å². The van der Waals surface area contributed by atoms with Crippen LogP contribution in [0.1, 0.15) is 20.3 Å². The normalized spacial score (nSPS) is 11.2. The molecule has 118 valence electrons. The number of anilines is 2. The van der Waals surface area contributed by atoms with Gasteiger partial charge in [0, 0.05) is 37.4 Å². The highest BCUT2D eigenvalue weighted by atomic mass is 32.2. The van der Waals surface area contributed by atoms with Crippen molar-refractivity contribution in [3.8, 4) is 0 Å². The van der Waals surface area contributed by atoms with Crippen LogP contribution in [0, 0.1) is 0 Å². The van der Waals surface area contributed by atoms with Crippen molar-refractivity contribution in [2.24, 2.45) is 5.14 Å². The average molecular weight is 314 g/mol. The second-order valence-corrected chi connectivity index (χ2v) is 6.14. The number of amides is 1. The first kappa shape index (κ1) is 17.3. The molecule has 0 atom stereocenters. The molecule has 1 rings (SSSR count). The number of primary sulfonamides is 1. The van der Waals surface area contributed by atoms with Crippen LogP contribution in [0.25, 0.3) is 0 Å². The smallest absolute Gasteiger partial charge is 0.238 e. The zero-order chi connectivity index (χ0) is 16.0. The van der Waals surface area contributed by atoms with Crippen molar-refractivity contribution in [2.45, 2.75) is 25.2 Å². The Morgan fingerprint density at radius 1 is 1.24 bits per heavy atom. The van der Waals surface area contributed by atoms with Gasteiger partial charge in [-0.15, -0.1) is 0 Å². The van der Waals surface area contributed by atoms with Crippen LogP contribution in [-0.2, 0) is 14.8 Å². The Bertz CT molecular complexity index is 597. The number of nitrogens with one attached hydrogen (secondary N) is 1. The Hall–Kier alpha value is -1.80. The van der Waals surface area contributed by atoms with Gasteiger partial charge in [0.2, 0.25) is 15.9 Å². The second kappa shape index (κ2) is 7.28. The molecule has 1 amide bonds. The van der Waals surface area contributed by atoms with Crippen molar-refractivity contribution in [1.29, 1.82) is 0 Å². The Morgan fingerprint density at radius 3 is 2.38 bits per heavy atom. The summed E-state index contributed by atoms with van der Waals surface area (Å²) in [6, 6.07) is 4.28. The van der Waals surface area contributed by atoms with Gasteiger partial charge in [-0.3, -0.25) is 4.79 Å². The van der Waals surface area contributed by atoms with E-state index < -0.39 is 10.0 Å². The van der Waals surface area contributed by atoms with E-state index >= 15 is 0 Å². The minimum absolute atomic E-state index is 0.0445. The van der Waals surface area contributed by atoms with Crippen molar-refractivity contribution in [3.63, 3.8) is 0 Å². The van der Waals surface area contributed by atoms with Crippen LogP contribution < -0.4 is 16.2 Å². The first-order chi connectivity index (χ1) is 9.77. The minimum Gasteiger partial charge on any atom is -0.399 e. The van der Waals surface area contributed by atoms with Crippen LogP contribution in [0.5, 0.6) is 0 Å². The van der Waals surface area contributed by atoms with E-state index in [1.54, 1.807) is 11.0 Å². The summed E-state index contributed by atoms with van der Waals surface area (Å²) in [5, 5.41) is 8.06. The summed E-state index contributed by atoms with van der Waals surface area (Å²) in [5.74, 6) is 0.0445. The summed E-state index contributed by atoms with van der Waals surface area (Å²) in [5.41, 5.74) is 6.45. The number of hydrogen-bond donors (Lipinski definition) is 3. The fraction of sp³-hybridized carbons (Fsp3) is 0.462. The summed E-state index contributed by atoms with van der Waals surface area (Å²) in [6.07, 6.45) is 0.321. The van der Waals surface area contributed by atoms with Gasteiger partial charge in [-0.1, -0.05) is 0 Å². The lowest BCUT2D eigenvalue weighted by Crippen LogP contribution is -2.31. The first-order valence-corrected chi connectivity index (χ1v) is 8.27. The minimum atomic E-state index is -3.81. The Kier molecular flexibility index (Phi) is 5.98. The summed E-state index contributed by atoms with van der Waals surface area (Å²) in [6.45, 7) is 5.57. The SMILES string of the molecule is CCN(CC)C(=O)CCNc1cc(N)cc(S(N)(=O)=O)c1. The molecule has 0 saturated carbocycles. The van der Waals surface area contributed by atoms with E-state index in [9.17, 15) is 13.2 Å². The van der Waals surface area contributed by atoms with Gasteiger partial charge < -0.3 is 16.0 Å². The zero-order valence-electron chi connectivity index (χ0n) is 12.3. The molecule has 0 bridgehead atoms. The van der Waals surface area contributed by atoms with Crippen LogP contribution in [-0.4, -0.2) is 38.9 Å². The lowest BCUT2D eigenvalue weighted by atomic mass is 10.2.